The molecule has 7 nitrogen and oxygen atoms in total. The summed E-state index contributed by atoms with van der Waals surface area (Å²) in [6.45, 7) is 3.92. The van der Waals surface area contributed by atoms with E-state index in [0.717, 1.165) is 11.1 Å². The highest BCUT2D eigenvalue weighted by Crippen LogP contribution is 2.16. The quantitative estimate of drug-likeness (QED) is 0.485. The van der Waals surface area contributed by atoms with Crippen molar-refractivity contribution < 1.29 is 16.8 Å². The Morgan fingerprint density at radius 1 is 0.677 bits per heavy atom. The molecule has 31 heavy (non-hydrogen) atoms. The van der Waals surface area contributed by atoms with Crippen molar-refractivity contribution in [1.29, 1.82) is 0 Å². The Morgan fingerprint density at radius 2 is 1.06 bits per heavy atom. The first kappa shape index (κ1) is 22.9. The zero-order chi connectivity index (χ0) is 22.5. The molecule has 0 spiro atoms. The highest BCUT2D eigenvalue weighted by Gasteiger charge is 2.21. The van der Waals surface area contributed by atoms with Crippen molar-refractivity contribution >= 4 is 25.6 Å². The lowest BCUT2D eigenvalue weighted by Gasteiger charge is -2.22. The summed E-state index contributed by atoms with van der Waals surface area (Å²) in [6.07, 6.45) is 3.08. The second-order valence-electron chi connectivity index (χ2n) is 7.30. The molecule has 1 aromatic heterocycles. The van der Waals surface area contributed by atoms with E-state index in [2.05, 4.69) is 9.97 Å². The monoisotopic (exact) mass is 459 g/mol. The van der Waals surface area contributed by atoms with Crippen molar-refractivity contribution in [3.05, 3.63) is 78.1 Å². The van der Waals surface area contributed by atoms with E-state index in [-0.39, 0.29) is 34.4 Å². The Balaban J connectivity index is 1.76. The summed E-state index contributed by atoms with van der Waals surface area (Å²) in [5.74, 6) is -0.0710. The fraction of sp³-hybridized carbons (Fsp3) is 0.273. The predicted molar refractivity (Wildman–Crippen MR) is 121 cm³/mol. The van der Waals surface area contributed by atoms with Gasteiger partial charge < -0.3 is 4.90 Å². The molecular formula is C22H25N3O4S2. The number of aryl methyl sites for hydroxylation is 2. The second-order valence-corrected chi connectivity index (χ2v) is 11.5. The van der Waals surface area contributed by atoms with Gasteiger partial charge in [0.05, 0.1) is 21.3 Å². The van der Waals surface area contributed by atoms with Crippen molar-refractivity contribution in [3.8, 4) is 0 Å². The van der Waals surface area contributed by atoms with Crippen LogP contribution in [0.4, 0.5) is 5.95 Å². The van der Waals surface area contributed by atoms with Crippen LogP contribution in [0.1, 0.15) is 11.1 Å². The Bertz CT molecular complexity index is 1130. The third kappa shape index (κ3) is 6.11. The Labute approximate surface area is 183 Å². The Kier molecular flexibility index (Phi) is 7.07. The first-order valence-corrected chi connectivity index (χ1v) is 13.1. The molecule has 2 aromatic carbocycles. The van der Waals surface area contributed by atoms with Gasteiger partial charge in [-0.1, -0.05) is 35.4 Å². The third-order valence-corrected chi connectivity index (χ3v) is 8.28. The predicted octanol–water partition coefficient (Wildman–Crippen LogP) is 2.85. The molecule has 9 heteroatoms. The third-order valence-electron chi connectivity index (χ3n) is 4.86. The second kappa shape index (κ2) is 9.57. The summed E-state index contributed by atoms with van der Waals surface area (Å²) >= 11 is 0. The number of sulfone groups is 2. The molecule has 0 fully saturated rings. The fourth-order valence-electron chi connectivity index (χ4n) is 2.95. The van der Waals surface area contributed by atoms with Crippen molar-refractivity contribution in [1.82, 2.24) is 9.97 Å². The number of benzene rings is 2. The first-order chi connectivity index (χ1) is 14.7. The molecular weight excluding hydrogens is 434 g/mol. The molecule has 0 aliphatic heterocycles. The van der Waals surface area contributed by atoms with Crippen LogP contribution in [0.2, 0.25) is 0 Å². The standard InChI is InChI=1S/C22H25N3O4S2/c1-18-4-8-20(9-5-18)30(26,27)16-14-25(22-23-12-3-13-24-22)15-17-31(28,29)21-10-6-19(2)7-11-21/h3-13H,14-17H2,1-2H3. The van der Waals surface area contributed by atoms with E-state index >= 15 is 0 Å². The van der Waals surface area contributed by atoms with E-state index in [1.807, 2.05) is 13.8 Å². The van der Waals surface area contributed by atoms with Gasteiger partial charge in [-0.3, -0.25) is 0 Å². The number of rotatable bonds is 9. The lowest BCUT2D eigenvalue weighted by atomic mass is 10.2. The van der Waals surface area contributed by atoms with E-state index in [1.165, 1.54) is 12.4 Å². The van der Waals surface area contributed by atoms with Crippen LogP contribution in [-0.4, -0.2) is 51.4 Å². The van der Waals surface area contributed by atoms with Gasteiger partial charge in [-0.25, -0.2) is 26.8 Å². The molecule has 0 saturated carbocycles. The van der Waals surface area contributed by atoms with Crippen LogP contribution in [0.15, 0.2) is 76.8 Å². The molecule has 3 rings (SSSR count). The average molecular weight is 460 g/mol. The van der Waals surface area contributed by atoms with Crippen LogP contribution >= 0.6 is 0 Å². The average Bonchev–Trinajstić information content (AvgIpc) is 2.75. The molecule has 0 saturated heterocycles. The SMILES string of the molecule is Cc1ccc(S(=O)(=O)CCN(CCS(=O)(=O)c2ccc(C)cc2)c2ncccn2)cc1. The molecule has 0 unspecified atom stereocenters. The number of hydrogen-bond acceptors (Lipinski definition) is 7. The van der Waals surface area contributed by atoms with Crippen molar-refractivity contribution in [2.75, 3.05) is 29.5 Å². The van der Waals surface area contributed by atoms with Crippen LogP contribution in [0.5, 0.6) is 0 Å². The summed E-state index contributed by atoms with van der Waals surface area (Å²) < 4.78 is 51.0. The van der Waals surface area contributed by atoms with Crippen LogP contribution in [0.25, 0.3) is 0 Å². The lowest BCUT2D eigenvalue weighted by Crippen LogP contribution is -2.35. The molecule has 164 valence electrons. The maximum atomic E-state index is 12.7. The molecule has 0 atom stereocenters. The largest absolute Gasteiger partial charge is 0.339 e. The molecule has 3 aromatic rings. The van der Waals surface area contributed by atoms with E-state index in [4.69, 9.17) is 0 Å². The number of hydrogen-bond donors (Lipinski definition) is 0. The van der Waals surface area contributed by atoms with E-state index in [0.29, 0.717) is 5.95 Å². The van der Waals surface area contributed by atoms with Crippen molar-refractivity contribution in [3.63, 3.8) is 0 Å². The van der Waals surface area contributed by atoms with Gasteiger partial charge in [0.2, 0.25) is 5.95 Å². The summed E-state index contributed by atoms with van der Waals surface area (Å²) in [5, 5.41) is 0. The normalized spacial score (nSPS) is 11.9. The highest BCUT2D eigenvalue weighted by atomic mass is 32.2. The molecule has 0 aliphatic rings. The zero-order valence-electron chi connectivity index (χ0n) is 17.5. The highest BCUT2D eigenvalue weighted by molar-refractivity contribution is 7.91. The molecule has 0 bridgehead atoms. The fourth-order valence-corrected chi connectivity index (χ4v) is 5.45. The van der Waals surface area contributed by atoms with Gasteiger partial charge in [-0.2, -0.15) is 0 Å². The number of anilines is 1. The topological polar surface area (TPSA) is 97.3 Å². The first-order valence-electron chi connectivity index (χ1n) is 9.78. The summed E-state index contributed by atoms with van der Waals surface area (Å²) in [6, 6.07) is 15.0. The minimum Gasteiger partial charge on any atom is -0.339 e. The zero-order valence-corrected chi connectivity index (χ0v) is 19.1. The van der Waals surface area contributed by atoms with Gasteiger partial charge in [-0.15, -0.1) is 0 Å². The van der Waals surface area contributed by atoms with Gasteiger partial charge in [-0.05, 0) is 44.2 Å². The van der Waals surface area contributed by atoms with Crippen LogP contribution < -0.4 is 4.90 Å². The van der Waals surface area contributed by atoms with Crippen LogP contribution in [-0.2, 0) is 19.7 Å². The maximum Gasteiger partial charge on any atom is 0.225 e. The summed E-state index contributed by atoms with van der Waals surface area (Å²) in [4.78, 5) is 10.4. The minimum atomic E-state index is -3.54. The summed E-state index contributed by atoms with van der Waals surface area (Å²) in [7, 11) is -7.07. The molecule has 0 N–H and O–H groups in total. The van der Waals surface area contributed by atoms with E-state index in [1.54, 1.807) is 59.5 Å². The Morgan fingerprint density at radius 3 is 1.45 bits per heavy atom. The van der Waals surface area contributed by atoms with Crippen LogP contribution in [0.3, 0.4) is 0 Å². The molecule has 0 radical (unpaired) electrons. The van der Waals surface area contributed by atoms with Gasteiger partial charge in [0.1, 0.15) is 0 Å². The molecule has 1 heterocycles. The summed E-state index contributed by atoms with van der Waals surface area (Å²) in [5.41, 5.74) is 1.94. The van der Waals surface area contributed by atoms with Gasteiger partial charge in [0.15, 0.2) is 19.7 Å². The van der Waals surface area contributed by atoms with Gasteiger partial charge in [0.25, 0.3) is 0 Å². The molecule has 0 amide bonds. The van der Waals surface area contributed by atoms with Gasteiger partial charge >= 0.3 is 0 Å². The maximum absolute atomic E-state index is 12.7. The van der Waals surface area contributed by atoms with Gasteiger partial charge in [0, 0.05) is 25.5 Å². The van der Waals surface area contributed by atoms with E-state index in [9.17, 15) is 16.8 Å². The van der Waals surface area contributed by atoms with E-state index < -0.39 is 19.7 Å². The lowest BCUT2D eigenvalue weighted by molar-refractivity contribution is 0.592. The Hall–Kier alpha value is -2.78. The number of aromatic nitrogens is 2. The molecule has 0 aliphatic carbocycles. The smallest absolute Gasteiger partial charge is 0.225 e. The van der Waals surface area contributed by atoms with Crippen molar-refractivity contribution in [2.24, 2.45) is 0 Å². The van der Waals surface area contributed by atoms with Crippen molar-refractivity contribution in [2.45, 2.75) is 23.6 Å². The van der Waals surface area contributed by atoms with Crippen LogP contribution in [0, 0.1) is 13.8 Å². The number of nitrogens with zero attached hydrogens (tertiary/aromatic N) is 3. The minimum absolute atomic E-state index is 0.0731.